The average molecular weight is 241 g/mol. The molecule has 0 saturated heterocycles. The number of benzene rings is 1. The first-order chi connectivity index (χ1) is 7.43. The van der Waals surface area contributed by atoms with Crippen LogP contribution in [-0.2, 0) is 10.0 Å². The topological polar surface area (TPSA) is 46.2 Å². The molecule has 0 amide bonds. The van der Waals surface area contributed by atoms with Crippen molar-refractivity contribution in [1.29, 1.82) is 0 Å². The summed E-state index contributed by atoms with van der Waals surface area (Å²) in [5.74, 6) is 0.803. The zero-order valence-electron chi connectivity index (χ0n) is 9.97. The number of hydrogen-bond acceptors (Lipinski definition) is 2. The Balaban J connectivity index is 2.67. The van der Waals surface area contributed by atoms with E-state index in [1.807, 2.05) is 6.92 Å². The highest BCUT2D eigenvalue weighted by Crippen LogP contribution is 2.11. The molecule has 3 nitrogen and oxygen atoms in total. The first-order valence-electron chi connectivity index (χ1n) is 5.48. The van der Waals surface area contributed by atoms with Crippen LogP contribution in [0, 0.1) is 11.8 Å². The van der Waals surface area contributed by atoms with Crippen LogP contribution in [0.2, 0.25) is 0 Å². The summed E-state index contributed by atoms with van der Waals surface area (Å²) in [5, 5.41) is 0. The second kappa shape index (κ2) is 5.46. The van der Waals surface area contributed by atoms with Gasteiger partial charge in [-0.15, -0.1) is 0 Å². The van der Waals surface area contributed by atoms with E-state index in [0.717, 1.165) is 0 Å². The van der Waals surface area contributed by atoms with Gasteiger partial charge >= 0.3 is 0 Å². The molecular formula is C12H19NO2S. The maximum absolute atomic E-state index is 11.8. The van der Waals surface area contributed by atoms with E-state index in [1.165, 1.54) is 0 Å². The number of hydrogen-bond donors (Lipinski definition) is 1. The minimum absolute atomic E-state index is 0.325. The lowest BCUT2D eigenvalue weighted by Crippen LogP contribution is -2.30. The van der Waals surface area contributed by atoms with Crippen LogP contribution in [0.25, 0.3) is 0 Å². The summed E-state index contributed by atoms with van der Waals surface area (Å²) in [6.45, 7) is 6.69. The summed E-state index contributed by atoms with van der Waals surface area (Å²) in [5.41, 5.74) is 0. The Bertz CT molecular complexity index is 412. The van der Waals surface area contributed by atoms with E-state index < -0.39 is 10.0 Å². The van der Waals surface area contributed by atoms with Crippen molar-refractivity contribution >= 4 is 10.0 Å². The molecule has 1 aromatic rings. The Labute approximate surface area is 97.9 Å². The molecule has 0 aliphatic rings. The van der Waals surface area contributed by atoms with Gasteiger partial charge in [0.15, 0.2) is 0 Å². The fourth-order valence-electron chi connectivity index (χ4n) is 1.16. The number of nitrogens with one attached hydrogen (secondary N) is 1. The third kappa shape index (κ3) is 3.61. The predicted molar refractivity (Wildman–Crippen MR) is 65.6 cm³/mol. The van der Waals surface area contributed by atoms with E-state index in [-0.39, 0.29) is 0 Å². The van der Waals surface area contributed by atoms with Crippen molar-refractivity contribution in [2.45, 2.75) is 25.7 Å². The molecule has 0 radical (unpaired) electrons. The van der Waals surface area contributed by atoms with Gasteiger partial charge in [0, 0.05) is 6.54 Å². The molecule has 0 aliphatic heterocycles. The van der Waals surface area contributed by atoms with E-state index in [1.54, 1.807) is 30.3 Å². The fourth-order valence-corrected chi connectivity index (χ4v) is 2.32. The lowest BCUT2D eigenvalue weighted by molar-refractivity contribution is 0.414. The van der Waals surface area contributed by atoms with Crippen LogP contribution in [0.3, 0.4) is 0 Å². The van der Waals surface area contributed by atoms with E-state index in [4.69, 9.17) is 0 Å². The van der Waals surface area contributed by atoms with Gasteiger partial charge in [-0.25, -0.2) is 13.1 Å². The first kappa shape index (κ1) is 13.2. The van der Waals surface area contributed by atoms with Crippen molar-refractivity contribution in [2.75, 3.05) is 6.54 Å². The van der Waals surface area contributed by atoms with Crippen molar-refractivity contribution in [3.63, 3.8) is 0 Å². The van der Waals surface area contributed by atoms with Gasteiger partial charge in [0.25, 0.3) is 0 Å². The Kier molecular flexibility index (Phi) is 4.50. The minimum atomic E-state index is -3.34. The standard InChI is InChI=1S/C12H19NO2S/c1-10(2)11(3)9-13-16(14,15)12-7-5-4-6-8-12/h4-8,10-11,13H,9H2,1-3H3. The highest BCUT2D eigenvalue weighted by Gasteiger charge is 2.15. The van der Waals surface area contributed by atoms with Crippen molar-refractivity contribution in [3.8, 4) is 0 Å². The first-order valence-corrected chi connectivity index (χ1v) is 6.96. The van der Waals surface area contributed by atoms with Crippen LogP contribution >= 0.6 is 0 Å². The second-order valence-corrected chi connectivity index (χ2v) is 6.15. The van der Waals surface area contributed by atoms with Gasteiger partial charge in [-0.3, -0.25) is 0 Å². The Morgan fingerprint density at radius 1 is 1.12 bits per heavy atom. The van der Waals surface area contributed by atoms with Crippen LogP contribution < -0.4 is 4.72 Å². The highest BCUT2D eigenvalue weighted by molar-refractivity contribution is 7.89. The minimum Gasteiger partial charge on any atom is -0.211 e. The lowest BCUT2D eigenvalue weighted by Gasteiger charge is -2.16. The fraction of sp³-hybridized carbons (Fsp3) is 0.500. The molecular weight excluding hydrogens is 222 g/mol. The van der Waals surface area contributed by atoms with E-state index in [2.05, 4.69) is 18.6 Å². The molecule has 0 spiro atoms. The van der Waals surface area contributed by atoms with Gasteiger partial charge in [-0.1, -0.05) is 39.0 Å². The number of sulfonamides is 1. The normalized spacial score (nSPS) is 14.0. The summed E-state index contributed by atoms with van der Waals surface area (Å²) in [7, 11) is -3.34. The summed E-state index contributed by atoms with van der Waals surface area (Å²) in [4.78, 5) is 0.325. The predicted octanol–water partition coefficient (Wildman–Crippen LogP) is 2.26. The van der Waals surface area contributed by atoms with Crippen molar-refractivity contribution in [1.82, 2.24) is 4.72 Å². The van der Waals surface area contributed by atoms with Crippen LogP contribution in [0.1, 0.15) is 20.8 Å². The van der Waals surface area contributed by atoms with Gasteiger partial charge in [-0.2, -0.15) is 0 Å². The van der Waals surface area contributed by atoms with Gasteiger partial charge in [0.1, 0.15) is 0 Å². The van der Waals surface area contributed by atoms with E-state index >= 15 is 0 Å². The van der Waals surface area contributed by atoms with Gasteiger partial charge < -0.3 is 0 Å². The second-order valence-electron chi connectivity index (χ2n) is 4.39. The van der Waals surface area contributed by atoms with Gasteiger partial charge in [-0.05, 0) is 24.0 Å². The molecule has 1 N–H and O–H groups in total. The van der Waals surface area contributed by atoms with Crippen LogP contribution in [0.5, 0.6) is 0 Å². The number of rotatable bonds is 5. The molecule has 0 bridgehead atoms. The molecule has 0 fully saturated rings. The van der Waals surface area contributed by atoms with Crippen LogP contribution in [0.15, 0.2) is 35.2 Å². The van der Waals surface area contributed by atoms with E-state index in [9.17, 15) is 8.42 Å². The summed E-state index contributed by atoms with van der Waals surface area (Å²) in [6, 6.07) is 8.45. The molecule has 1 unspecified atom stereocenters. The molecule has 1 aromatic carbocycles. The van der Waals surface area contributed by atoms with Gasteiger partial charge in [0.05, 0.1) is 4.90 Å². The smallest absolute Gasteiger partial charge is 0.211 e. The summed E-state index contributed by atoms with van der Waals surface area (Å²) in [6.07, 6.45) is 0. The molecule has 4 heteroatoms. The average Bonchev–Trinajstić information content (AvgIpc) is 2.27. The monoisotopic (exact) mass is 241 g/mol. The Hall–Kier alpha value is -0.870. The Morgan fingerprint density at radius 3 is 2.19 bits per heavy atom. The maximum atomic E-state index is 11.8. The molecule has 1 atom stereocenters. The molecule has 0 aromatic heterocycles. The molecule has 0 aliphatic carbocycles. The molecule has 1 rings (SSSR count). The van der Waals surface area contributed by atoms with Crippen LogP contribution in [-0.4, -0.2) is 15.0 Å². The zero-order chi connectivity index (χ0) is 12.2. The lowest BCUT2D eigenvalue weighted by atomic mass is 9.99. The SMILES string of the molecule is CC(C)C(C)CNS(=O)(=O)c1ccccc1. The highest BCUT2D eigenvalue weighted by atomic mass is 32.2. The molecule has 90 valence electrons. The summed E-state index contributed by atoms with van der Waals surface area (Å²) < 4.78 is 26.3. The van der Waals surface area contributed by atoms with Crippen LogP contribution in [0.4, 0.5) is 0 Å². The Morgan fingerprint density at radius 2 is 1.69 bits per heavy atom. The van der Waals surface area contributed by atoms with Crippen molar-refractivity contribution < 1.29 is 8.42 Å². The molecule has 16 heavy (non-hydrogen) atoms. The largest absolute Gasteiger partial charge is 0.240 e. The maximum Gasteiger partial charge on any atom is 0.240 e. The zero-order valence-corrected chi connectivity index (χ0v) is 10.8. The van der Waals surface area contributed by atoms with Crippen molar-refractivity contribution in [2.24, 2.45) is 11.8 Å². The molecule has 0 saturated carbocycles. The van der Waals surface area contributed by atoms with E-state index in [0.29, 0.717) is 23.3 Å². The quantitative estimate of drug-likeness (QED) is 0.859. The third-order valence-electron chi connectivity index (χ3n) is 2.79. The third-order valence-corrected chi connectivity index (χ3v) is 4.23. The molecule has 0 heterocycles. The summed E-state index contributed by atoms with van der Waals surface area (Å²) >= 11 is 0. The van der Waals surface area contributed by atoms with Crippen molar-refractivity contribution in [3.05, 3.63) is 30.3 Å². The van der Waals surface area contributed by atoms with Gasteiger partial charge in [0.2, 0.25) is 10.0 Å².